The fourth-order valence-corrected chi connectivity index (χ4v) is 1.32. The first-order chi connectivity index (χ1) is 4.70. The van der Waals surface area contributed by atoms with E-state index in [9.17, 15) is 4.39 Å². The van der Waals surface area contributed by atoms with Crippen molar-refractivity contribution in [3.63, 3.8) is 0 Å². The van der Waals surface area contributed by atoms with Gasteiger partial charge in [0.05, 0.1) is 6.61 Å². The maximum Gasteiger partial charge on any atom is 0.109 e. The van der Waals surface area contributed by atoms with Gasteiger partial charge in [0.1, 0.15) is 6.17 Å². The molecule has 62 valence electrons. The molecule has 0 aliphatic rings. The standard InChI is InChI=1S/C7H15FOS/c1-3-7(8)5-10-6(2)4-9/h6-7,9H,3-5H2,1-2H3. The van der Waals surface area contributed by atoms with Crippen molar-refractivity contribution in [3.05, 3.63) is 0 Å². The molecule has 0 rings (SSSR count). The lowest BCUT2D eigenvalue weighted by Crippen LogP contribution is -2.08. The summed E-state index contributed by atoms with van der Waals surface area (Å²) in [5, 5.41) is 8.75. The average Bonchev–Trinajstić information content (AvgIpc) is 1.99. The fourth-order valence-electron chi connectivity index (χ4n) is 0.439. The van der Waals surface area contributed by atoms with Crippen LogP contribution in [-0.4, -0.2) is 28.9 Å². The molecule has 0 aliphatic carbocycles. The van der Waals surface area contributed by atoms with Crippen molar-refractivity contribution >= 4 is 11.8 Å². The van der Waals surface area contributed by atoms with E-state index in [1.165, 1.54) is 11.8 Å². The Hall–Kier alpha value is 0.240. The Kier molecular flexibility index (Phi) is 6.13. The second-order valence-electron chi connectivity index (χ2n) is 2.33. The van der Waals surface area contributed by atoms with Gasteiger partial charge in [-0.25, -0.2) is 4.39 Å². The van der Waals surface area contributed by atoms with Crippen molar-refractivity contribution in [2.75, 3.05) is 12.4 Å². The third-order valence-electron chi connectivity index (χ3n) is 1.26. The Labute approximate surface area is 66.0 Å². The van der Waals surface area contributed by atoms with Crippen LogP contribution in [0.2, 0.25) is 0 Å². The number of aliphatic hydroxyl groups is 1. The van der Waals surface area contributed by atoms with Crippen LogP contribution < -0.4 is 0 Å². The molecule has 0 aromatic heterocycles. The number of rotatable bonds is 5. The van der Waals surface area contributed by atoms with Crippen molar-refractivity contribution in [1.82, 2.24) is 0 Å². The SMILES string of the molecule is CCC(F)CSC(C)CO. The average molecular weight is 166 g/mol. The minimum Gasteiger partial charge on any atom is -0.395 e. The molecule has 0 saturated carbocycles. The number of alkyl halides is 1. The van der Waals surface area contributed by atoms with E-state index < -0.39 is 6.17 Å². The topological polar surface area (TPSA) is 20.2 Å². The highest BCUT2D eigenvalue weighted by Crippen LogP contribution is 2.13. The molecule has 10 heavy (non-hydrogen) atoms. The van der Waals surface area contributed by atoms with Crippen LogP contribution >= 0.6 is 11.8 Å². The highest BCUT2D eigenvalue weighted by molar-refractivity contribution is 7.99. The quantitative estimate of drug-likeness (QED) is 0.672. The Balaban J connectivity index is 3.17. The maximum atomic E-state index is 12.5. The van der Waals surface area contributed by atoms with Gasteiger partial charge in [-0.05, 0) is 6.42 Å². The van der Waals surface area contributed by atoms with E-state index in [0.29, 0.717) is 12.2 Å². The summed E-state index contributed by atoms with van der Waals surface area (Å²) >= 11 is 1.48. The van der Waals surface area contributed by atoms with E-state index in [0.717, 1.165) is 0 Å². The van der Waals surface area contributed by atoms with Crippen LogP contribution in [0.3, 0.4) is 0 Å². The molecule has 2 unspecified atom stereocenters. The zero-order chi connectivity index (χ0) is 7.98. The van der Waals surface area contributed by atoms with Gasteiger partial charge in [-0.3, -0.25) is 0 Å². The molecule has 0 bridgehead atoms. The van der Waals surface area contributed by atoms with E-state index in [1.807, 2.05) is 13.8 Å². The van der Waals surface area contributed by atoms with Crippen LogP contribution in [0.4, 0.5) is 4.39 Å². The summed E-state index contributed by atoms with van der Waals surface area (Å²) in [5.74, 6) is 0.512. The van der Waals surface area contributed by atoms with Gasteiger partial charge < -0.3 is 5.11 Å². The van der Waals surface area contributed by atoms with E-state index in [-0.39, 0.29) is 11.9 Å². The highest BCUT2D eigenvalue weighted by atomic mass is 32.2. The summed E-state index contributed by atoms with van der Waals surface area (Å²) in [4.78, 5) is 0. The third-order valence-corrected chi connectivity index (χ3v) is 2.53. The molecule has 2 atom stereocenters. The van der Waals surface area contributed by atoms with Gasteiger partial charge in [0, 0.05) is 11.0 Å². The van der Waals surface area contributed by atoms with Crippen molar-refractivity contribution in [2.24, 2.45) is 0 Å². The van der Waals surface area contributed by atoms with Gasteiger partial charge >= 0.3 is 0 Å². The van der Waals surface area contributed by atoms with Crippen LogP contribution in [0.15, 0.2) is 0 Å². The normalized spacial score (nSPS) is 16.8. The van der Waals surface area contributed by atoms with E-state index >= 15 is 0 Å². The largest absolute Gasteiger partial charge is 0.395 e. The monoisotopic (exact) mass is 166 g/mol. The fraction of sp³-hybridized carbons (Fsp3) is 1.00. The third kappa shape index (κ3) is 5.06. The van der Waals surface area contributed by atoms with Crippen LogP contribution in [-0.2, 0) is 0 Å². The summed E-state index contributed by atoms with van der Waals surface area (Å²) in [6.07, 6.45) is -0.135. The van der Waals surface area contributed by atoms with Gasteiger partial charge in [-0.2, -0.15) is 11.8 Å². The predicted octanol–water partition coefficient (Wildman–Crippen LogP) is 1.85. The predicted molar refractivity (Wildman–Crippen MR) is 44.2 cm³/mol. The van der Waals surface area contributed by atoms with E-state index in [1.54, 1.807) is 0 Å². The van der Waals surface area contributed by atoms with Crippen molar-refractivity contribution in [2.45, 2.75) is 31.7 Å². The Morgan fingerprint density at radius 1 is 1.60 bits per heavy atom. The van der Waals surface area contributed by atoms with Crippen LogP contribution in [0.1, 0.15) is 20.3 Å². The summed E-state index contributed by atoms with van der Waals surface area (Å²) < 4.78 is 12.5. The second-order valence-corrected chi connectivity index (χ2v) is 3.80. The van der Waals surface area contributed by atoms with Gasteiger partial charge in [0.15, 0.2) is 0 Å². The number of hydrogen-bond acceptors (Lipinski definition) is 2. The Bertz CT molecular complexity index is 70.0. The van der Waals surface area contributed by atoms with Crippen molar-refractivity contribution in [1.29, 1.82) is 0 Å². The number of aliphatic hydroxyl groups excluding tert-OH is 1. The summed E-state index contributed by atoms with van der Waals surface area (Å²) in [7, 11) is 0. The molecule has 0 aromatic carbocycles. The minimum absolute atomic E-state index is 0.140. The van der Waals surface area contributed by atoms with E-state index in [2.05, 4.69) is 0 Å². The molecule has 1 nitrogen and oxygen atoms in total. The van der Waals surface area contributed by atoms with Gasteiger partial charge in [-0.1, -0.05) is 13.8 Å². The van der Waals surface area contributed by atoms with Gasteiger partial charge in [0.25, 0.3) is 0 Å². The second kappa shape index (κ2) is 5.98. The Morgan fingerprint density at radius 2 is 2.20 bits per heavy atom. The summed E-state index contributed by atoms with van der Waals surface area (Å²) in [6, 6.07) is 0. The molecular weight excluding hydrogens is 151 g/mol. The first-order valence-electron chi connectivity index (χ1n) is 3.57. The lowest BCUT2D eigenvalue weighted by molar-refractivity contribution is 0.299. The first kappa shape index (κ1) is 10.2. The molecule has 0 spiro atoms. The molecule has 0 heterocycles. The lowest BCUT2D eigenvalue weighted by atomic mass is 10.3. The van der Waals surface area contributed by atoms with Crippen LogP contribution in [0.5, 0.6) is 0 Å². The maximum absolute atomic E-state index is 12.5. The zero-order valence-electron chi connectivity index (χ0n) is 6.51. The molecule has 0 saturated heterocycles. The molecule has 0 amide bonds. The molecule has 0 aliphatic heterocycles. The lowest BCUT2D eigenvalue weighted by Gasteiger charge is -2.08. The van der Waals surface area contributed by atoms with Gasteiger partial charge in [0.2, 0.25) is 0 Å². The summed E-state index contributed by atoms with van der Waals surface area (Å²) in [6.45, 7) is 3.86. The zero-order valence-corrected chi connectivity index (χ0v) is 7.33. The molecule has 3 heteroatoms. The molecule has 1 N–H and O–H groups in total. The number of hydrogen-bond donors (Lipinski definition) is 1. The first-order valence-corrected chi connectivity index (χ1v) is 4.62. The molecule has 0 fully saturated rings. The smallest absolute Gasteiger partial charge is 0.109 e. The highest BCUT2D eigenvalue weighted by Gasteiger charge is 2.06. The van der Waals surface area contributed by atoms with Crippen molar-refractivity contribution < 1.29 is 9.50 Å². The van der Waals surface area contributed by atoms with Crippen molar-refractivity contribution in [3.8, 4) is 0 Å². The summed E-state index contributed by atoms with van der Waals surface area (Å²) in [5.41, 5.74) is 0. The number of thioether (sulfide) groups is 1. The van der Waals surface area contributed by atoms with Crippen LogP contribution in [0, 0.1) is 0 Å². The molecule has 0 aromatic rings. The van der Waals surface area contributed by atoms with Crippen LogP contribution in [0.25, 0.3) is 0 Å². The van der Waals surface area contributed by atoms with E-state index in [4.69, 9.17) is 5.11 Å². The van der Waals surface area contributed by atoms with Gasteiger partial charge in [-0.15, -0.1) is 0 Å². The Morgan fingerprint density at radius 3 is 2.60 bits per heavy atom. The minimum atomic E-state index is -0.709. The number of halogens is 1. The molecule has 0 radical (unpaired) electrons. The molecular formula is C7H15FOS.